The van der Waals surface area contributed by atoms with Crippen molar-refractivity contribution in [2.45, 2.75) is 17.7 Å². The highest BCUT2D eigenvalue weighted by molar-refractivity contribution is 7.98. The molecular formula is C14H13NO5S. The van der Waals surface area contributed by atoms with Gasteiger partial charge in [-0.05, 0) is 25.1 Å². The number of aromatic carboxylic acids is 1. The lowest BCUT2D eigenvalue weighted by Gasteiger charge is -1.99. The number of thioether (sulfide) groups is 1. The molecule has 0 atom stereocenters. The van der Waals surface area contributed by atoms with Crippen molar-refractivity contribution < 1.29 is 23.8 Å². The molecule has 0 aromatic carbocycles. The van der Waals surface area contributed by atoms with Gasteiger partial charge in [0.1, 0.15) is 17.1 Å². The Balaban J connectivity index is 2.03. The van der Waals surface area contributed by atoms with E-state index in [0.29, 0.717) is 27.9 Å². The molecule has 0 aliphatic rings. The Morgan fingerprint density at radius 1 is 1.43 bits per heavy atom. The molecule has 0 radical (unpaired) electrons. The fraction of sp³-hybridized carbons (Fsp3) is 0.214. The molecule has 2 heterocycles. The summed E-state index contributed by atoms with van der Waals surface area (Å²) >= 11 is 1.39. The van der Waals surface area contributed by atoms with Crippen LogP contribution in [0.15, 0.2) is 33.8 Å². The van der Waals surface area contributed by atoms with E-state index in [0.717, 1.165) is 0 Å². The first-order chi connectivity index (χ1) is 10.0. The number of pyridine rings is 1. The predicted octanol–water partition coefficient (Wildman–Crippen LogP) is 2.76. The lowest BCUT2D eigenvalue weighted by atomic mass is 10.2. The first-order valence-corrected chi connectivity index (χ1v) is 6.99. The van der Waals surface area contributed by atoms with E-state index >= 15 is 0 Å². The summed E-state index contributed by atoms with van der Waals surface area (Å²) in [4.78, 5) is 26.2. The maximum absolute atomic E-state index is 11.5. The number of esters is 1. The lowest BCUT2D eigenvalue weighted by Crippen LogP contribution is -2.00. The molecule has 0 saturated carbocycles. The van der Waals surface area contributed by atoms with Gasteiger partial charge < -0.3 is 14.3 Å². The number of nitrogens with zero attached hydrogens (tertiary/aromatic N) is 1. The van der Waals surface area contributed by atoms with Crippen LogP contribution in [-0.2, 0) is 10.5 Å². The Morgan fingerprint density at radius 2 is 2.19 bits per heavy atom. The lowest BCUT2D eigenvalue weighted by molar-refractivity contribution is 0.0598. The van der Waals surface area contributed by atoms with Gasteiger partial charge in [-0.25, -0.2) is 14.6 Å². The zero-order valence-corrected chi connectivity index (χ0v) is 12.3. The number of carboxylic acid groups (broad SMARTS) is 1. The summed E-state index contributed by atoms with van der Waals surface area (Å²) in [6.45, 7) is 1.69. The number of aromatic nitrogens is 1. The van der Waals surface area contributed by atoms with Gasteiger partial charge in [0.05, 0.1) is 23.5 Å². The smallest absolute Gasteiger partial charge is 0.341 e. The minimum absolute atomic E-state index is 0.140. The monoisotopic (exact) mass is 307 g/mol. The molecule has 0 spiro atoms. The van der Waals surface area contributed by atoms with Crippen LogP contribution in [0.3, 0.4) is 0 Å². The molecule has 0 unspecified atom stereocenters. The number of hydrogen-bond donors (Lipinski definition) is 1. The molecule has 0 bridgehead atoms. The Morgan fingerprint density at radius 3 is 2.76 bits per heavy atom. The van der Waals surface area contributed by atoms with E-state index in [2.05, 4.69) is 9.72 Å². The topological polar surface area (TPSA) is 89.6 Å². The van der Waals surface area contributed by atoms with Crippen LogP contribution >= 0.6 is 11.8 Å². The number of aryl methyl sites for hydroxylation is 1. The SMILES string of the molecule is COC(=O)c1cc(CSc2ccc(C(=O)O)cn2)oc1C. The summed E-state index contributed by atoms with van der Waals surface area (Å²) in [5, 5.41) is 9.46. The normalized spacial score (nSPS) is 10.4. The molecule has 0 aliphatic carbocycles. The first kappa shape index (κ1) is 15.1. The molecule has 6 nitrogen and oxygen atoms in total. The fourth-order valence-corrected chi connectivity index (χ4v) is 2.39. The van der Waals surface area contributed by atoms with Crippen molar-refractivity contribution in [2.75, 3.05) is 7.11 Å². The van der Waals surface area contributed by atoms with Crippen molar-refractivity contribution in [1.82, 2.24) is 4.98 Å². The van der Waals surface area contributed by atoms with Crippen molar-refractivity contribution >= 4 is 23.7 Å². The van der Waals surface area contributed by atoms with Crippen molar-refractivity contribution in [2.24, 2.45) is 0 Å². The van der Waals surface area contributed by atoms with Crippen LogP contribution in [0.5, 0.6) is 0 Å². The highest BCUT2D eigenvalue weighted by atomic mass is 32.2. The number of carboxylic acids is 1. The Bertz CT molecular complexity index is 663. The molecule has 2 rings (SSSR count). The predicted molar refractivity (Wildman–Crippen MR) is 75.5 cm³/mol. The van der Waals surface area contributed by atoms with E-state index in [4.69, 9.17) is 9.52 Å². The van der Waals surface area contributed by atoms with Crippen LogP contribution < -0.4 is 0 Å². The van der Waals surface area contributed by atoms with E-state index in [1.54, 1.807) is 19.1 Å². The number of carbonyl (C=O) groups excluding carboxylic acids is 1. The molecule has 2 aromatic rings. The van der Waals surface area contributed by atoms with Crippen molar-refractivity contribution in [1.29, 1.82) is 0 Å². The number of carbonyl (C=O) groups is 2. The number of furan rings is 1. The second kappa shape index (κ2) is 6.45. The quantitative estimate of drug-likeness (QED) is 0.671. The molecule has 0 fully saturated rings. The highest BCUT2D eigenvalue weighted by Crippen LogP contribution is 2.24. The van der Waals surface area contributed by atoms with Crippen LogP contribution in [0, 0.1) is 6.92 Å². The number of ether oxygens (including phenoxy) is 1. The molecule has 110 valence electrons. The summed E-state index contributed by atoms with van der Waals surface area (Å²) in [6.07, 6.45) is 1.30. The highest BCUT2D eigenvalue weighted by Gasteiger charge is 2.15. The van der Waals surface area contributed by atoms with Crippen LogP contribution in [0.1, 0.15) is 32.2 Å². The minimum Gasteiger partial charge on any atom is -0.478 e. The molecule has 7 heteroatoms. The van der Waals surface area contributed by atoms with Gasteiger partial charge >= 0.3 is 11.9 Å². The summed E-state index contributed by atoms with van der Waals surface area (Å²) in [6, 6.07) is 4.76. The average molecular weight is 307 g/mol. The van der Waals surface area contributed by atoms with E-state index < -0.39 is 11.9 Å². The molecule has 21 heavy (non-hydrogen) atoms. The second-order valence-corrected chi connectivity index (χ2v) is 5.15. The largest absolute Gasteiger partial charge is 0.478 e. The maximum Gasteiger partial charge on any atom is 0.341 e. The third-order valence-corrected chi connectivity index (χ3v) is 3.69. The molecule has 0 amide bonds. The summed E-state index contributed by atoms with van der Waals surface area (Å²) in [7, 11) is 1.32. The van der Waals surface area contributed by atoms with Crippen molar-refractivity contribution in [3.63, 3.8) is 0 Å². The summed E-state index contributed by atoms with van der Waals surface area (Å²) in [5.41, 5.74) is 0.545. The maximum atomic E-state index is 11.5. The minimum atomic E-state index is -1.01. The Hall–Kier alpha value is -2.28. The van der Waals surface area contributed by atoms with Crippen molar-refractivity contribution in [3.8, 4) is 0 Å². The Labute approximate surface area is 125 Å². The van der Waals surface area contributed by atoms with Gasteiger partial charge in [0.25, 0.3) is 0 Å². The summed E-state index contributed by atoms with van der Waals surface area (Å²) in [5.74, 6) is 0.172. The number of rotatable bonds is 5. The average Bonchev–Trinajstić information content (AvgIpc) is 2.86. The van der Waals surface area contributed by atoms with E-state index in [9.17, 15) is 9.59 Å². The third kappa shape index (κ3) is 3.63. The van der Waals surface area contributed by atoms with Crippen LogP contribution in [0.25, 0.3) is 0 Å². The van der Waals surface area contributed by atoms with Gasteiger partial charge in [-0.2, -0.15) is 0 Å². The molecule has 0 aliphatic heterocycles. The fourth-order valence-electron chi connectivity index (χ4n) is 1.66. The van der Waals surface area contributed by atoms with Gasteiger partial charge in [-0.1, -0.05) is 11.8 Å². The molecule has 0 saturated heterocycles. The van der Waals surface area contributed by atoms with E-state index in [1.807, 2.05) is 0 Å². The Kier molecular flexibility index (Phi) is 4.64. The van der Waals surface area contributed by atoms with E-state index in [-0.39, 0.29) is 5.56 Å². The van der Waals surface area contributed by atoms with E-state index in [1.165, 1.54) is 31.1 Å². The zero-order valence-electron chi connectivity index (χ0n) is 11.5. The molecule has 2 aromatic heterocycles. The molecular weight excluding hydrogens is 294 g/mol. The van der Waals surface area contributed by atoms with Crippen LogP contribution in [0.2, 0.25) is 0 Å². The number of hydrogen-bond acceptors (Lipinski definition) is 6. The van der Waals surface area contributed by atoms with Crippen LogP contribution in [-0.4, -0.2) is 29.1 Å². The van der Waals surface area contributed by atoms with Gasteiger partial charge in [0.15, 0.2) is 0 Å². The summed E-state index contributed by atoms with van der Waals surface area (Å²) < 4.78 is 10.1. The van der Waals surface area contributed by atoms with Crippen molar-refractivity contribution in [3.05, 3.63) is 47.0 Å². The van der Waals surface area contributed by atoms with Gasteiger partial charge in [0, 0.05) is 6.20 Å². The third-order valence-electron chi connectivity index (χ3n) is 2.72. The second-order valence-electron chi connectivity index (χ2n) is 4.15. The van der Waals surface area contributed by atoms with Crippen LogP contribution in [0.4, 0.5) is 0 Å². The standard InChI is InChI=1S/C14H13NO5S/c1-8-11(14(18)19-2)5-10(20-8)7-21-12-4-3-9(6-15-12)13(16)17/h3-6H,7H2,1-2H3,(H,16,17). The molecule has 1 N–H and O–H groups in total. The van der Waals surface area contributed by atoms with Gasteiger partial charge in [-0.3, -0.25) is 0 Å². The van der Waals surface area contributed by atoms with Gasteiger partial charge in [-0.15, -0.1) is 0 Å². The number of methoxy groups -OCH3 is 1. The first-order valence-electron chi connectivity index (χ1n) is 6.01. The zero-order chi connectivity index (χ0) is 15.4. The van der Waals surface area contributed by atoms with Gasteiger partial charge in [0.2, 0.25) is 0 Å².